The number of nitrogens with one attached hydrogen (secondary N) is 2. The van der Waals surface area contributed by atoms with Crippen molar-refractivity contribution in [2.45, 2.75) is 79.1 Å². The zero-order chi connectivity index (χ0) is 45.1. The molecule has 2 N–H and O–H groups in total. The van der Waals surface area contributed by atoms with Crippen LogP contribution in [0.5, 0.6) is 0 Å². The van der Waals surface area contributed by atoms with E-state index in [2.05, 4.69) is 250 Å². The molecule has 0 atom stereocenters. The summed E-state index contributed by atoms with van der Waals surface area (Å²) in [5, 5.41) is 0. The third kappa shape index (κ3) is 8.18. The Balaban J connectivity index is 1.49. The maximum absolute atomic E-state index is 5.63. The van der Waals surface area contributed by atoms with E-state index in [1.54, 1.807) is 0 Å². The predicted octanol–water partition coefficient (Wildman–Crippen LogP) is 18.7. The molecule has 0 radical (unpaired) electrons. The van der Waals surface area contributed by atoms with E-state index < -0.39 is 0 Å². The summed E-state index contributed by atoms with van der Waals surface area (Å²) in [6, 6.07) is 44.4. The molecule has 0 fully saturated rings. The number of benzene rings is 4. The van der Waals surface area contributed by atoms with Crippen molar-refractivity contribution in [3.05, 3.63) is 166 Å². The Morgan fingerprint density at radius 2 is 0.484 bits per heavy atom. The van der Waals surface area contributed by atoms with Crippen LogP contribution in [0.4, 0.5) is 0 Å². The molecule has 0 unspecified atom stereocenters. The van der Waals surface area contributed by atoms with Crippen LogP contribution in [0.2, 0.25) is 0 Å². The topological polar surface area (TPSA) is 57.4 Å². The second-order valence-corrected chi connectivity index (χ2v) is 21.2. The first kappa shape index (κ1) is 44.6. The van der Waals surface area contributed by atoms with Gasteiger partial charge >= 0.3 is 0 Å². The van der Waals surface area contributed by atoms with Crippen LogP contribution in [0, 0.1) is 0 Å². The summed E-state index contributed by atoms with van der Waals surface area (Å²) in [5.74, 6) is 1.61. The minimum Gasteiger partial charge on any atom is -0.354 e. The minimum atomic E-state index is 0.402. The zero-order valence-electron chi connectivity index (χ0n) is 37.3. The fourth-order valence-electron chi connectivity index (χ4n) is 8.69. The van der Waals surface area contributed by atoms with Crippen molar-refractivity contribution in [3.63, 3.8) is 0 Å². The van der Waals surface area contributed by atoms with Crippen LogP contribution >= 0.6 is 63.7 Å². The van der Waals surface area contributed by atoms with E-state index in [1.807, 2.05) is 0 Å². The highest BCUT2D eigenvalue weighted by atomic mass is 79.9. The summed E-state index contributed by atoms with van der Waals surface area (Å²) in [6.45, 7) is 17.9. The number of aromatic nitrogens is 4. The van der Waals surface area contributed by atoms with Gasteiger partial charge in [0.15, 0.2) is 0 Å². The molecule has 322 valence electrons. The van der Waals surface area contributed by atoms with Crippen molar-refractivity contribution in [3.8, 4) is 44.5 Å². The van der Waals surface area contributed by atoms with Gasteiger partial charge in [0, 0.05) is 44.3 Å². The average molecular weight is 1100 g/mol. The van der Waals surface area contributed by atoms with Crippen molar-refractivity contribution < 1.29 is 0 Å². The fourth-order valence-corrected chi connectivity index (χ4v) is 10.6. The molecular formula is C56H50Br4N4. The summed E-state index contributed by atoms with van der Waals surface area (Å²) in [5.41, 5.74) is 20.4. The van der Waals surface area contributed by atoms with Gasteiger partial charge in [-0.15, -0.1) is 0 Å². The van der Waals surface area contributed by atoms with Crippen molar-refractivity contribution in [1.82, 2.24) is 19.9 Å². The Kier molecular flexibility index (Phi) is 12.5. The fraction of sp³-hybridized carbons (Fsp3) is 0.214. The molecule has 3 aromatic heterocycles. The molecule has 4 aromatic carbocycles. The third-order valence-corrected chi connectivity index (χ3v) is 16.7. The van der Waals surface area contributed by atoms with E-state index in [0.29, 0.717) is 23.7 Å². The minimum absolute atomic E-state index is 0.402. The van der Waals surface area contributed by atoms with Crippen LogP contribution in [0.25, 0.3) is 84.5 Å². The lowest BCUT2D eigenvalue weighted by Crippen LogP contribution is -1.92. The SMILES string of the molecule is CC(C)c1ccc(-c2c3nc(c(-c4ccc(C(C)C)cc4)c4ccc([nH]4)c(-c4ccc(C(C)C)cc4)c4nc(c(-c5ccc(C(C)C)cc5)c5ccc2[nH]5)C(Br)=C4Br)C(Br)=C3Br)cc1. The molecule has 2 aliphatic rings. The molecular weight excluding hydrogens is 1050 g/mol. The molecule has 0 saturated carbocycles. The monoisotopic (exact) mass is 1090 g/mol. The number of aromatic amines is 2. The van der Waals surface area contributed by atoms with Gasteiger partial charge in [-0.3, -0.25) is 0 Å². The van der Waals surface area contributed by atoms with E-state index in [9.17, 15) is 0 Å². The van der Waals surface area contributed by atoms with Crippen molar-refractivity contribution in [2.24, 2.45) is 0 Å². The highest BCUT2D eigenvalue weighted by Crippen LogP contribution is 2.50. The maximum Gasteiger partial charge on any atom is 0.0891 e. The number of rotatable bonds is 8. The van der Waals surface area contributed by atoms with Crippen LogP contribution in [0.3, 0.4) is 0 Å². The van der Waals surface area contributed by atoms with E-state index >= 15 is 0 Å². The van der Waals surface area contributed by atoms with E-state index in [-0.39, 0.29) is 0 Å². The van der Waals surface area contributed by atoms with E-state index in [1.165, 1.54) is 22.3 Å². The first-order valence-electron chi connectivity index (χ1n) is 22.0. The van der Waals surface area contributed by atoms with E-state index in [0.717, 1.165) is 107 Å². The molecule has 0 saturated heterocycles. The standard InChI is InChI=1S/C56H50Br4N4/c1-29(2)33-9-17-37(18-10-33)45-41-25-26-42(61-41)46(38-19-11-34(12-20-38)30(3)4)55-51(59)52(60)56(64-55)48(40-23-15-36(16-24-40)32(7)8)44-28-27-43(62-44)47(54-50(58)49(57)53(45)63-54)39-21-13-35(14-22-39)31(5)6/h9-32,61-62H,1-8H3. The average Bonchev–Trinajstić information content (AvgIpc) is 4.08. The second kappa shape index (κ2) is 18.0. The molecule has 0 amide bonds. The number of halogens is 4. The molecule has 0 spiro atoms. The van der Waals surface area contributed by atoms with Crippen LogP contribution in [0.15, 0.2) is 121 Å². The Morgan fingerprint density at radius 3 is 0.656 bits per heavy atom. The number of fused-ring (bicyclic) bond motifs is 8. The van der Waals surface area contributed by atoms with Crippen LogP contribution in [-0.4, -0.2) is 19.9 Å². The summed E-state index contributed by atoms with van der Waals surface area (Å²) >= 11 is 16.4. The Hall–Kier alpha value is -4.60. The third-order valence-electron chi connectivity index (χ3n) is 12.5. The summed E-state index contributed by atoms with van der Waals surface area (Å²) < 4.78 is 3.53. The van der Waals surface area contributed by atoms with Crippen molar-refractivity contribution in [1.29, 1.82) is 0 Å². The normalized spacial score (nSPS) is 13.1. The molecule has 8 heteroatoms. The summed E-state index contributed by atoms with van der Waals surface area (Å²) in [7, 11) is 0. The van der Waals surface area contributed by atoms with Gasteiger partial charge in [-0.2, -0.15) is 0 Å². The molecule has 9 rings (SSSR count). The highest BCUT2D eigenvalue weighted by Gasteiger charge is 2.28. The first-order valence-corrected chi connectivity index (χ1v) is 25.2. The molecule has 64 heavy (non-hydrogen) atoms. The Labute approximate surface area is 410 Å². The van der Waals surface area contributed by atoms with Crippen molar-refractivity contribution in [2.75, 3.05) is 0 Å². The molecule has 0 aliphatic carbocycles. The van der Waals surface area contributed by atoms with Crippen LogP contribution < -0.4 is 0 Å². The van der Waals surface area contributed by atoms with Crippen LogP contribution in [0.1, 0.15) is 124 Å². The highest BCUT2D eigenvalue weighted by molar-refractivity contribution is 9.18. The lowest BCUT2D eigenvalue weighted by Gasteiger charge is -2.10. The Morgan fingerprint density at radius 1 is 0.297 bits per heavy atom. The van der Waals surface area contributed by atoms with Crippen molar-refractivity contribution >= 4 is 104 Å². The molecule has 8 bridgehead atoms. The lowest BCUT2D eigenvalue weighted by molar-refractivity contribution is 0.867. The van der Waals surface area contributed by atoms with Gasteiger partial charge in [0.1, 0.15) is 0 Å². The van der Waals surface area contributed by atoms with Gasteiger partial charge in [-0.1, -0.05) is 152 Å². The number of hydrogen-bond donors (Lipinski definition) is 2. The van der Waals surface area contributed by atoms with Crippen LogP contribution in [-0.2, 0) is 0 Å². The number of H-pyrrole nitrogens is 2. The van der Waals surface area contributed by atoms with Gasteiger partial charge in [-0.25, -0.2) is 9.97 Å². The second-order valence-electron chi connectivity index (χ2n) is 18.1. The molecule has 7 aromatic rings. The van der Waals surface area contributed by atoms with Gasteiger partial charge in [0.05, 0.1) is 40.7 Å². The Bertz CT molecular complexity index is 2740. The van der Waals surface area contributed by atoms with Gasteiger partial charge in [-0.05, 0) is 156 Å². The zero-order valence-corrected chi connectivity index (χ0v) is 43.6. The molecule has 4 nitrogen and oxygen atoms in total. The first-order chi connectivity index (χ1) is 30.7. The van der Waals surface area contributed by atoms with Gasteiger partial charge in [0.2, 0.25) is 0 Å². The molecule has 2 aliphatic heterocycles. The molecule has 5 heterocycles. The predicted molar refractivity (Wildman–Crippen MR) is 288 cm³/mol. The number of hydrogen-bond acceptors (Lipinski definition) is 2. The van der Waals surface area contributed by atoms with Gasteiger partial charge in [0.25, 0.3) is 0 Å². The number of nitrogens with zero attached hydrogens (tertiary/aromatic N) is 2. The largest absolute Gasteiger partial charge is 0.354 e. The quantitative estimate of drug-likeness (QED) is 0.159. The van der Waals surface area contributed by atoms with E-state index in [4.69, 9.17) is 9.97 Å². The summed E-state index contributed by atoms with van der Waals surface area (Å²) in [4.78, 5) is 19.1. The smallest absolute Gasteiger partial charge is 0.0891 e. The van der Waals surface area contributed by atoms with Gasteiger partial charge < -0.3 is 9.97 Å². The summed E-state index contributed by atoms with van der Waals surface area (Å²) in [6.07, 6.45) is 0. The lowest BCUT2D eigenvalue weighted by atomic mass is 9.98. The maximum atomic E-state index is 5.63.